The third kappa shape index (κ3) is 3.14. The molecule has 0 saturated carbocycles. The van der Waals surface area contributed by atoms with Crippen molar-refractivity contribution in [3.05, 3.63) is 33.8 Å². The Morgan fingerprint density at radius 3 is 2.40 bits per heavy atom. The Morgan fingerprint density at radius 1 is 1.20 bits per heavy atom. The first-order valence-electron chi connectivity index (χ1n) is 7.44. The Kier molecular flexibility index (Phi) is 5.36. The molecule has 0 aliphatic carbocycles. The van der Waals surface area contributed by atoms with Gasteiger partial charge in [-0.2, -0.15) is 0 Å². The second-order valence-corrected chi connectivity index (χ2v) is 6.72. The summed E-state index contributed by atoms with van der Waals surface area (Å²) in [6, 6.07) is 5.69. The minimum atomic E-state index is -0.0552. The number of halogens is 2. The van der Waals surface area contributed by atoms with Crippen LogP contribution >= 0.6 is 23.2 Å². The van der Waals surface area contributed by atoms with Crippen molar-refractivity contribution in [2.24, 2.45) is 5.73 Å². The van der Waals surface area contributed by atoms with E-state index in [0.717, 1.165) is 25.1 Å². The van der Waals surface area contributed by atoms with E-state index >= 15 is 0 Å². The lowest BCUT2D eigenvalue weighted by Crippen LogP contribution is -2.54. The summed E-state index contributed by atoms with van der Waals surface area (Å²) in [4.78, 5) is 2.55. The van der Waals surface area contributed by atoms with Crippen LogP contribution in [0, 0.1) is 0 Å². The molecule has 4 heteroatoms. The predicted octanol–water partition coefficient (Wildman–Crippen LogP) is 4.65. The average Bonchev–Trinajstić information content (AvgIpc) is 2.49. The molecule has 2 unspecified atom stereocenters. The summed E-state index contributed by atoms with van der Waals surface area (Å²) in [7, 11) is 0. The summed E-state index contributed by atoms with van der Waals surface area (Å²) < 4.78 is 0. The van der Waals surface area contributed by atoms with Crippen LogP contribution in [0.1, 0.15) is 51.1 Å². The van der Waals surface area contributed by atoms with Crippen LogP contribution in [0.2, 0.25) is 10.0 Å². The topological polar surface area (TPSA) is 29.3 Å². The summed E-state index contributed by atoms with van der Waals surface area (Å²) in [5.41, 5.74) is 7.62. The second kappa shape index (κ2) is 6.65. The number of hydrogen-bond donors (Lipinski definition) is 1. The highest BCUT2D eigenvalue weighted by Gasteiger charge is 2.37. The zero-order valence-electron chi connectivity index (χ0n) is 12.3. The van der Waals surface area contributed by atoms with Gasteiger partial charge < -0.3 is 5.73 Å². The van der Waals surface area contributed by atoms with Crippen LogP contribution in [-0.4, -0.2) is 23.5 Å². The molecule has 2 N–H and O–H groups in total. The maximum Gasteiger partial charge on any atom is 0.0595 e. The predicted molar refractivity (Wildman–Crippen MR) is 87.5 cm³/mol. The number of likely N-dealkylation sites (tertiary alicyclic amines) is 1. The lowest BCUT2D eigenvalue weighted by Gasteiger charge is -2.47. The van der Waals surface area contributed by atoms with Gasteiger partial charge in [0.1, 0.15) is 0 Å². The van der Waals surface area contributed by atoms with Gasteiger partial charge in [-0.05, 0) is 57.0 Å². The molecule has 1 aliphatic heterocycles. The molecule has 0 aromatic heterocycles. The van der Waals surface area contributed by atoms with E-state index in [9.17, 15) is 0 Å². The Morgan fingerprint density at radius 2 is 1.85 bits per heavy atom. The fraction of sp³-hybridized carbons (Fsp3) is 0.625. The van der Waals surface area contributed by atoms with E-state index in [4.69, 9.17) is 28.9 Å². The van der Waals surface area contributed by atoms with Crippen molar-refractivity contribution < 1.29 is 0 Å². The molecule has 112 valence electrons. The second-order valence-electron chi connectivity index (χ2n) is 5.91. The number of nitrogens with two attached hydrogens (primary N) is 1. The number of piperidine rings is 1. The van der Waals surface area contributed by atoms with E-state index in [1.54, 1.807) is 0 Å². The normalized spacial score (nSPS) is 21.4. The molecule has 0 radical (unpaired) electrons. The standard InChI is InChI=1S/C16H24Cl2N2/c1-3-16(2,20-9-5-4-6-10-20)15(19)12-7-8-13(17)14(18)11-12/h7-8,11,15H,3-6,9-10,19H2,1-2H3. The van der Waals surface area contributed by atoms with Crippen molar-refractivity contribution in [2.75, 3.05) is 13.1 Å². The molecule has 1 aromatic carbocycles. The summed E-state index contributed by atoms with van der Waals surface area (Å²) in [5, 5.41) is 1.16. The van der Waals surface area contributed by atoms with Crippen molar-refractivity contribution in [2.45, 2.75) is 51.1 Å². The fourth-order valence-electron chi connectivity index (χ4n) is 3.11. The summed E-state index contributed by atoms with van der Waals surface area (Å²) in [6.45, 7) is 6.76. The highest BCUT2D eigenvalue weighted by atomic mass is 35.5. The number of nitrogens with zero attached hydrogens (tertiary/aromatic N) is 1. The SMILES string of the molecule is CCC(C)(C(N)c1ccc(Cl)c(Cl)c1)N1CCCCC1. The lowest BCUT2D eigenvalue weighted by molar-refractivity contribution is 0.0543. The van der Waals surface area contributed by atoms with Crippen molar-refractivity contribution in [1.29, 1.82) is 0 Å². The van der Waals surface area contributed by atoms with E-state index in [1.807, 2.05) is 18.2 Å². The molecule has 2 atom stereocenters. The smallest absolute Gasteiger partial charge is 0.0595 e. The first-order valence-corrected chi connectivity index (χ1v) is 8.20. The first-order chi connectivity index (χ1) is 9.49. The molecule has 2 nitrogen and oxygen atoms in total. The molecular formula is C16H24Cl2N2. The maximum absolute atomic E-state index is 6.59. The van der Waals surface area contributed by atoms with Crippen molar-refractivity contribution in [3.8, 4) is 0 Å². The molecule has 1 aromatic rings. The molecule has 1 saturated heterocycles. The van der Waals surface area contributed by atoms with E-state index < -0.39 is 0 Å². The van der Waals surface area contributed by atoms with E-state index in [-0.39, 0.29) is 11.6 Å². The molecule has 20 heavy (non-hydrogen) atoms. The van der Waals surface area contributed by atoms with Crippen LogP contribution in [0.15, 0.2) is 18.2 Å². The van der Waals surface area contributed by atoms with Gasteiger partial charge in [0.25, 0.3) is 0 Å². The first kappa shape index (κ1) is 16.1. The number of benzene rings is 1. The molecule has 0 bridgehead atoms. The monoisotopic (exact) mass is 314 g/mol. The number of rotatable bonds is 4. The van der Waals surface area contributed by atoms with Gasteiger partial charge in [0.2, 0.25) is 0 Å². The van der Waals surface area contributed by atoms with E-state index in [0.29, 0.717) is 10.0 Å². The van der Waals surface area contributed by atoms with Crippen molar-refractivity contribution in [3.63, 3.8) is 0 Å². The average molecular weight is 315 g/mol. The molecule has 1 fully saturated rings. The van der Waals surface area contributed by atoms with Gasteiger partial charge in [-0.3, -0.25) is 4.90 Å². The Balaban J connectivity index is 2.26. The Hall–Kier alpha value is -0.280. The van der Waals surface area contributed by atoms with Gasteiger partial charge in [0.15, 0.2) is 0 Å². The lowest BCUT2D eigenvalue weighted by atomic mass is 9.82. The Labute approximate surface area is 132 Å². The summed E-state index contributed by atoms with van der Waals surface area (Å²) in [5.74, 6) is 0. The third-order valence-electron chi connectivity index (χ3n) is 4.77. The third-order valence-corrected chi connectivity index (χ3v) is 5.51. The summed E-state index contributed by atoms with van der Waals surface area (Å²) >= 11 is 12.1. The minimum Gasteiger partial charge on any atom is -0.322 e. The largest absolute Gasteiger partial charge is 0.322 e. The fourth-order valence-corrected chi connectivity index (χ4v) is 3.42. The molecular weight excluding hydrogens is 291 g/mol. The summed E-state index contributed by atoms with van der Waals surface area (Å²) in [6.07, 6.45) is 4.89. The van der Waals surface area contributed by atoms with E-state index in [1.165, 1.54) is 19.3 Å². The van der Waals surface area contributed by atoms with Crippen LogP contribution in [0.3, 0.4) is 0 Å². The zero-order valence-corrected chi connectivity index (χ0v) is 13.8. The van der Waals surface area contributed by atoms with Crippen molar-refractivity contribution >= 4 is 23.2 Å². The van der Waals surface area contributed by atoms with Crippen molar-refractivity contribution in [1.82, 2.24) is 4.90 Å². The van der Waals surface area contributed by atoms with Gasteiger partial charge in [-0.1, -0.05) is 42.6 Å². The van der Waals surface area contributed by atoms with Gasteiger partial charge in [-0.25, -0.2) is 0 Å². The van der Waals surface area contributed by atoms with Gasteiger partial charge in [0, 0.05) is 11.6 Å². The van der Waals surface area contributed by atoms with Crippen LogP contribution < -0.4 is 5.73 Å². The van der Waals surface area contributed by atoms with Crippen LogP contribution in [0.25, 0.3) is 0 Å². The van der Waals surface area contributed by atoms with Crippen LogP contribution in [-0.2, 0) is 0 Å². The van der Waals surface area contributed by atoms with Gasteiger partial charge in [-0.15, -0.1) is 0 Å². The minimum absolute atomic E-state index is 0.0302. The molecule has 0 amide bonds. The molecule has 1 heterocycles. The van der Waals surface area contributed by atoms with E-state index in [2.05, 4.69) is 18.7 Å². The maximum atomic E-state index is 6.59. The zero-order chi connectivity index (χ0) is 14.8. The highest BCUT2D eigenvalue weighted by Crippen LogP contribution is 2.36. The van der Waals surface area contributed by atoms with Crippen LogP contribution in [0.4, 0.5) is 0 Å². The Bertz CT molecular complexity index is 458. The number of hydrogen-bond acceptors (Lipinski definition) is 2. The van der Waals surface area contributed by atoms with Gasteiger partial charge in [0.05, 0.1) is 10.0 Å². The highest BCUT2D eigenvalue weighted by molar-refractivity contribution is 6.42. The molecule has 1 aliphatic rings. The van der Waals surface area contributed by atoms with Crippen LogP contribution in [0.5, 0.6) is 0 Å². The molecule has 2 rings (SSSR count). The van der Waals surface area contributed by atoms with Gasteiger partial charge >= 0.3 is 0 Å². The quantitative estimate of drug-likeness (QED) is 0.876. The molecule has 0 spiro atoms.